The molecule has 2 aromatic carbocycles. The van der Waals surface area contributed by atoms with Crippen molar-refractivity contribution in [2.24, 2.45) is 5.92 Å². The summed E-state index contributed by atoms with van der Waals surface area (Å²) in [5, 5.41) is 16.4. The normalized spacial score (nSPS) is 12.2. The second-order valence-electron chi connectivity index (χ2n) is 8.23. The van der Waals surface area contributed by atoms with Gasteiger partial charge < -0.3 is 15.2 Å². The molecule has 0 aliphatic heterocycles. The number of anilines is 1. The van der Waals surface area contributed by atoms with Gasteiger partial charge in [0.15, 0.2) is 16.1 Å². The van der Waals surface area contributed by atoms with Crippen LogP contribution < -0.4 is 10.6 Å². The molecule has 0 bridgehead atoms. The number of aromatic nitrogens is 4. The fourth-order valence-corrected chi connectivity index (χ4v) is 5.75. The number of nitrogens with one attached hydrogen (secondary N) is 2. The molecule has 1 atom stereocenters. The number of halogens is 2. The van der Waals surface area contributed by atoms with Crippen molar-refractivity contribution in [2.45, 2.75) is 38.5 Å². The standard InChI is InChI=1S/C24H24Cl2N6O2S2/c1-4-32-21(20(13(2)3)29-22(34)15-10-9-14(25)11-16(15)26)30-31-24(32)35-12-19(33)28-23-27-17-7-5-6-8-18(17)36-23/h5-11,13,20H,4,12H2,1-3H3,(H,29,34)(H,27,28,33)/t20-/m1/s1. The van der Waals surface area contributed by atoms with Crippen molar-refractivity contribution in [3.8, 4) is 0 Å². The third-order valence-corrected chi connectivity index (χ3v) is 7.81. The predicted molar refractivity (Wildman–Crippen MR) is 146 cm³/mol. The van der Waals surface area contributed by atoms with Crippen LogP contribution in [0.15, 0.2) is 47.6 Å². The summed E-state index contributed by atoms with van der Waals surface area (Å²) in [4.78, 5) is 30.0. The van der Waals surface area contributed by atoms with Crippen LogP contribution in [0.1, 0.15) is 43.0 Å². The first-order valence-corrected chi connectivity index (χ1v) is 13.8. The zero-order valence-electron chi connectivity index (χ0n) is 19.8. The molecule has 36 heavy (non-hydrogen) atoms. The Morgan fingerprint density at radius 2 is 1.92 bits per heavy atom. The van der Waals surface area contributed by atoms with Gasteiger partial charge in [0.2, 0.25) is 5.91 Å². The van der Waals surface area contributed by atoms with Crippen molar-refractivity contribution < 1.29 is 9.59 Å². The zero-order valence-corrected chi connectivity index (χ0v) is 22.9. The SMILES string of the molecule is CCn1c(SCC(=O)Nc2nc3ccccc3s2)nnc1[C@H](NC(=O)c1ccc(Cl)cc1Cl)C(C)C. The van der Waals surface area contributed by atoms with Gasteiger partial charge in [0.25, 0.3) is 5.91 Å². The number of carbonyl (C=O) groups is 2. The van der Waals surface area contributed by atoms with Gasteiger partial charge in [-0.15, -0.1) is 10.2 Å². The van der Waals surface area contributed by atoms with Crippen molar-refractivity contribution in [3.05, 3.63) is 63.9 Å². The highest BCUT2D eigenvalue weighted by Crippen LogP contribution is 2.28. The first-order valence-electron chi connectivity index (χ1n) is 11.2. The van der Waals surface area contributed by atoms with E-state index in [9.17, 15) is 9.59 Å². The van der Waals surface area contributed by atoms with Crippen LogP contribution in [0.5, 0.6) is 0 Å². The van der Waals surface area contributed by atoms with E-state index in [-0.39, 0.29) is 28.5 Å². The summed E-state index contributed by atoms with van der Waals surface area (Å²) in [5.41, 5.74) is 1.18. The maximum atomic E-state index is 13.0. The quantitative estimate of drug-likeness (QED) is 0.240. The maximum Gasteiger partial charge on any atom is 0.253 e. The molecule has 0 aliphatic carbocycles. The molecule has 188 valence electrons. The molecule has 0 aliphatic rings. The van der Waals surface area contributed by atoms with Crippen LogP contribution in [0.2, 0.25) is 10.0 Å². The Kier molecular flexibility index (Phi) is 8.50. The Morgan fingerprint density at radius 3 is 2.61 bits per heavy atom. The lowest BCUT2D eigenvalue weighted by molar-refractivity contribution is -0.113. The van der Waals surface area contributed by atoms with E-state index in [2.05, 4.69) is 25.8 Å². The molecule has 4 rings (SSSR count). The second kappa shape index (κ2) is 11.6. The van der Waals surface area contributed by atoms with Crippen LogP contribution in [-0.4, -0.2) is 37.3 Å². The average molecular weight is 564 g/mol. The Bertz CT molecular complexity index is 1370. The number of amides is 2. The lowest BCUT2D eigenvalue weighted by Gasteiger charge is -2.22. The summed E-state index contributed by atoms with van der Waals surface area (Å²) in [6.07, 6.45) is 0. The van der Waals surface area contributed by atoms with E-state index in [0.717, 1.165) is 10.2 Å². The number of hydrogen-bond donors (Lipinski definition) is 2. The lowest BCUT2D eigenvalue weighted by atomic mass is 10.0. The van der Waals surface area contributed by atoms with Crippen LogP contribution >= 0.6 is 46.3 Å². The van der Waals surface area contributed by atoms with E-state index >= 15 is 0 Å². The monoisotopic (exact) mass is 562 g/mol. The molecule has 8 nitrogen and oxygen atoms in total. The first-order chi connectivity index (χ1) is 17.3. The van der Waals surface area contributed by atoms with Crippen molar-refractivity contribution in [3.63, 3.8) is 0 Å². The van der Waals surface area contributed by atoms with Gasteiger partial charge in [-0.3, -0.25) is 9.59 Å². The Balaban J connectivity index is 1.45. The molecular weight excluding hydrogens is 539 g/mol. The summed E-state index contributed by atoms with van der Waals surface area (Å²) in [6, 6.07) is 12.1. The minimum Gasteiger partial charge on any atom is -0.342 e. The van der Waals surface area contributed by atoms with Crippen molar-refractivity contribution in [2.75, 3.05) is 11.1 Å². The van der Waals surface area contributed by atoms with E-state index in [0.29, 0.717) is 33.2 Å². The van der Waals surface area contributed by atoms with E-state index in [1.807, 2.05) is 49.6 Å². The summed E-state index contributed by atoms with van der Waals surface area (Å²) < 4.78 is 2.92. The number of thioether (sulfide) groups is 1. The second-order valence-corrected chi connectivity index (χ2v) is 11.0. The van der Waals surface area contributed by atoms with Crippen LogP contribution in [0.3, 0.4) is 0 Å². The molecule has 0 spiro atoms. The minimum atomic E-state index is -0.414. The van der Waals surface area contributed by atoms with Crippen LogP contribution in [-0.2, 0) is 11.3 Å². The lowest BCUT2D eigenvalue weighted by Crippen LogP contribution is -2.34. The smallest absolute Gasteiger partial charge is 0.253 e. The van der Waals surface area contributed by atoms with Crippen molar-refractivity contribution >= 4 is 73.5 Å². The Morgan fingerprint density at radius 1 is 1.14 bits per heavy atom. The van der Waals surface area contributed by atoms with Crippen LogP contribution in [0.25, 0.3) is 10.2 Å². The Hall–Kier alpha value is -2.66. The third kappa shape index (κ3) is 6.00. The molecule has 0 unspecified atom stereocenters. The number of hydrogen-bond acceptors (Lipinski definition) is 7. The summed E-state index contributed by atoms with van der Waals surface area (Å²) in [7, 11) is 0. The number of carbonyl (C=O) groups excluding carboxylic acids is 2. The topological polar surface area (TPSA) is 102 Å². The van der Waals surface area contributed by atoms with Crippen LogP contribution in [0, 0.1) is 5.92 Å². The highest BCUT2D eigenvalue weighted by atomic mass is 35.5. The molecule has 0 saturated heterocycles. The van der Waals surface area contributed by atoms with Gasteiger partial charge in [0.05, 0.1) is 32.6 Å². The molecule has 0 saturated carbocycles. The highest BCUT2D eigenvalue weighted by Gasteiger charge is 2.27. The first kappa shape index (κ1) is 26.4. The molecule has 2 N–H and O–H groups in total. The number of nitrogens with zero attached hydrogens (tertiary/aromatic N) is 4. The van der Waals surface area contributed by atoms with E-state index in [1.54, 1.807) is 12.1 Å². The van der Waals surface area contributed by atoms with Gasteiger partial charge in [0, 0.05) is 11.6 Å². The highest BCUT2D eigenvalue weighted by molar-refractivity contribution is 7.99. The molecule has 2 heterocycles. The number of fused-ring (bicyclic) bond motifs is 1. The average Bonchev–Trinajstić information content (AvgIpc) is 3.43. The molecule has 12 heteroatoms. The number of para-hydroxylation sites is 1. The summed E-state index contributed by atoms with van der Waals surface area (Å²) >= 11 is 14.9. The van der Waals surface area contributed by atoms with Gasteiger partial charge >= 0.3 is 0 Å². The minimum absolute atomic E-state index is 0.0229. The van der Waals surface area contributed by atoms with E-state index in [4.69, 9.17) is 23.2 Å². The van der Waals surface area contributed by atoms with Crippen LogP contribution in [0.4, 0.5) is 5.13 Å². The number of benzene rings is 2. The fourth-order valence-electron chi connectivity index (χ4n) is 3.57. The van der Waals surface area contributed by atoms with Gasteiger partial charge in [-0.25, -0.2) is 4.98 Å². The predicted octanol–water partition coefficient (Wildman–Crippen LogP) is 6.07. The van der Waals surface area contributed by atoms with Gasteiger partial charge in [-0.2, -0.15) is 0 Å². The summed E-state index contributed by atoms with van der Waals surface area (Å²) in [5.74, 6) is 0.269. The fraction of sp³-hybridized carbons (Fsp3) is 0.292. The summed E-state index contributed by atoms with van der Waals surface area (Å²) in [6.45, 7) is 6.51. The molecule has 0 radical (unpaired) electrons. The zero-order chi connectivity index (χ0) is 25.8. The Labute approximate surface area is 226 Å². The third-order valence-electron chi connectivity index (χ3n) is 5.34. The van der Waals surface area contributed by atoms with Gasteiger partial charge in [-0.1, -0.05) is 72.3 Å². The van der Waals surface area contributed by atoms with Gasteiger partial charge in [0.1, 0.15) is 0 Å². The van der Waals surface area contributed by atoms with E-state index in [1.165, 1.54) is 29.2 Å². The number of thiazole rings is 1. The molecule has 4 aromatic rings. The molecular formula is C24H24Cl2N6O2S2. The van der Waals surface area contributed by atoms with Crippen molar-refractivity contribution in [1.82, 2.24) is 25.1 Å². The van der Waals surface area contributed by atoms with E-state index < -0.39 is 6.04 Å². The molecule has 2 aromatic heterocycles. The van der Waals surface area contributed by atoms with Gasteiger partial charge in [-0.05, 0) is 43.2 Å². The molecule has 2 amide bonds. The van der Waals surface area contributed by atoms with Crippen molar-refractivity contribution in [1.29, 1.82) is 0 Å². The number of rotatable bonds is 9. The largest absolute Gasteiger partial charge is 0.342 e. The molecule has 0 fully saturated rings. The maximum absolute atomic E-state index is 13.0.